The van der Waals surface area contributed by atoms with Crippen LogP contribution in [-0.4, -0.2) is 10.4 Å². The highest BCUT2D eigenvalue weighted by molar-refractivity contribution is 9.10. The van der Waals surface area contributed by atoms with Gasteiger partial charge in [-0.05, 0) is 43.0 Å². The topological polar surface area (TPSA) is 39.1 Å². The molecule has 0 fully saturated rings. The van der Waals surface area contributed by atoms with E-state index >= 15 is 0 Å². The third-order valence-electron chi connectivity index (χ3n) is 3.01. The Balaban J connectivity index is 2.58. The number of aryl methyl sites for hydroxylation is 2. The SMILES string of the molecule is CC(=O)CCc1cc2cc(Br)ccc2n(C)c1=O. The molecule has 0 N–H and O–H groups in total. The molecule has 0 saturated heterocycles. The Morgan fingerprint density at radius 1 is 1.33 bits per heavy atom. The Labute approximate surface area is 114 Å². The van der Waals surface area contributed by atoms with Crippen molar-refractivity contribution in [1.29, 1.82) is 0 Å². The van der Waals surface area contributed by atoms with Crippen molar-refractivity contribution in [3.63, 3.8) is 0 Å². The van der Waals surface area contributed by atoms with Gasteiger partial charge in [0.05, 0.1) is 5.52 Å². The van der Waals surface area contributed by atoms with Crippen LogP contribution >= 0.6 is 15.9 Å². The van der Waals surface area contributed by atoms with Gasteiger partial charge < -0.3 is 9.36 Å². The van der Waals surface area contributed by atoms with Gasteiger partial charge >= 0.3 is 0 Å². The number of aromatic nitrogens is 1. The van der Waals surface area contributed by atoms with Gasteiger partial charge in [-0.3, -0.25) is 4.79 Å². The number of carbonyl (C=O) groups excluding carboxylic acids is 1. The fraction of sp³-hybridized carbons (Fsp3) is 0.286. The molecular weight excluding hydrogens is 294 g/mol. The van der Waals surface area contributed by atoms with Gasteiger partial charge in [-0.1, -0.05) is 15.9 Å². The summed E-state index contributed by atoms with van der Waals surface area (Å²) < 4.78 is 2.61. The zero-order chi connectivity index (χ0) is 13.3. The van der Waals surface area contributed by atoms with Crippen molar-refractivity contribution in [2.75, 3.05) is 0 Å². The van der Waals surface area contributed by atoms with Gasteiger partial charge in [-0.2, -0.15) is 0 Å². The van der Waals surface area contributed by atoms with Gasteiger partial charge in [0.1, 0.15) is 5.78 Å². The van der Waals surface area contributed by atoms with E-state index in [4.69, 9.17) is 0 Å². The van der Waals surface area contributed by atoms with E-state index in [-0.39, 0.29) is 11.3 Å². The van der Waals surface area contributed by atoms with Gasteiger partial charge in [0.25, 0.3) is 5.56 Å². The van der Waals surface area contributed by atoms with Crippen LogP contribution in [0, 0.1) is 0 Å². The lowest BCUT2D eigenvalue weighted by Crippen LogP contribution is -2.21. The molecule has 0 saturated carbocycles. The zero-order valence-electron chi connectivity index (χ0n) is 10.4. The summed E-state index contributed by atoms with van der Waals surface area (Å²) in [5, 5.41) is 1.00. The van der Waals surface area contributed by atoms with E-state index in [2.05, 4.69) is 15.9 Å². The number of carbonyl (C=O) groups is 1. The Kier molecular flexibility index (Phi) is 3.66. The number of Topliss-reactive ketones (excluding diaryl/α,β-unsaturated/α-hetero) is 1. The molecule has 0 unspecified atom stereocenters. The zero-order valence-corrected chi connectivity index (χ0v) is 12.0. The van der Waals surface area contributed by atoms with Crippen molar-refractivity contribution in [1.82, 2.24) is 4.57 Å². The molecule has 0 bridgehead atoms. The predicted molar refractivity (Wildman–Crippen MR) is 75.9 cm³/mol. The first-order valence-corrected chi connectivity index (χ1v) is 6.56. The van der Waals surface area contributed by atoms with Crippen molar-refractivity contribution >= 4 is 32.6 Å². The summed E-state index contributed by atoms with van der Waals surface area (Å²) in [7, 11) is 1.76. The van der Waals surface area contributed by atoms with Crippen LogP contribution in [-0.2, 0) is 18.3 Å². The van der Waals surface area contributed by atoms with Crippen LogP contribution in [0.1, 0.15) is 18.9 Å². The number of hydrogen-bond donors (Lipinski definition) is 0. The minimum Gasteiger partial charge on any atom is -0.311 e. The van der Waals surface area contributed by atoms with Crippen LogP contribution in [0.4, 0.5) is 0 Å². The summed E-state index contributed by atoms with van der Waals surface area (Å²) in [5.74, 6) is 0.103. The third kappa shape index (κ3) is 2.53. The number of pyridine rings is 1. The molecule has 0 spiro atoms. The summed E-state index contributed by atoms with van der Waals surface area (Å²) in [4.78, 5) is 23.1. The number of benzene rings is 1. The van der Waals surface area contributed by atoms with Gasteiger partial charge in [-0.25, -0.2) is 0 Å². The number of rotatable bonds is 3. The van der Waals surface area contributed by atoms with E-state index in [1.165, 1.54) is 0 Å². The average Bonchev–Trinajstić information content (AvgIpc) is 2.31. The largest absolute Gasteiger partial charge is 0.311 e. The second-order valence-corrected chi connectivity index (χ2v) is 5.35. The minimum atomic E-state index is -0.0222. The van der Waals surface area contributed by atoms with Crippen molar-refractivity contribution in [3.05, 3.63) is 44.7 Å². The van der Waals surface area contributed by atoms with E-state index in [0.717, 1.165) is 15.4 Å². The van der Waals surface area contributed by atoms with E-state index in [1.807, 2.05) is 24.3 Å². The Morgan fingerprint density at radius 2 is 2.06 bits per heavy atom. The number of ketones is 1. The fourth-order valence-electron chi connectivity index (χ4n) is 2.01. The molecule has 1 aromatic heterocycles. The highest BCUT2D eigenvalue weighted by atomic mass is 79.9. The highest BCUT2D eigenvalue weighted by Crippen LogP contribution is 2.19. The minimum absolute atomic E-state index is 0.0222. The molecule has 2 rings (SSSR count). The lowest BCUT2D eigenvalue weighted by Gasteiger charge is -2.08. The number of nitrogens with zero attached hydrogens (tertiary/aromatic N) is 1. The fourth-order valence-corrected chi connectivity index (χ4v) is 2.39. The summed E-state index contributed by atoms with van der Waals surface area (Å²) >= 11 is 3.42. The van der Waals surface area contributed by atoms with Crippen molar-refractivity contribution in [2.24, 2.45) is 7.05 Å². The summed E-state index contributed by atoms with van der Waals surface area (Å²) in [6.45, 7) is 1.54. The molecule has 2 aromatic rings. The second-order valence-electron chi connectivity index (χ2n) is 4.44. The van der Waals surface area contributed by atoms with E-state index < -0.39 is 0 Å². The maximum Gasteiger partial charge on any atom is 0.253 e. The molecule has 1 aromatic carbocycles. The molecule has 0 aliphatic heterocycles. The van der Waals surface area contributed by atoms with Gasteiger partial charge in [0, 0.05) is 23.5 Å². The molecule has 1 heterocycles. The Morgan fingerprint density at radius 3 is 2.72 bits per heavy atom. The van der Waals surface area contributed by atoms with E-state index in [1.54, 1.807) is 18.5 Å². The first-order chi connectivity index (χ1) is 8.49. The van der Waals surface area contributed by atoms with Crippen molar-refractivity contribution in [2.45, 2.75) is 19.8 Å². The quantitative estimate of drug-likeness (QED) is 0.874. The smallest absolute Gasteiger partial charge is 0.253 e. The predicted octanol–water partition coefficient (Wildman–Crippen LogP) is 2.82. The molecule has 0 aliphatic rings. The van der Waals surface area contributed by atoms with E-state index in [0.29, 0.717) is 18.4 Å². The maximum absolute atomic E-state index is 12.1. The normalized spacial score (nSPS) is 10.8. The molecule has 4 heteroatoms. The van der Waals surface area contributed by atoms with Gasteiger partial charge in [0.2, 0.25) is 0 Å². The Hall–Kier alpha value is -1.42. The lowest BCUT2D eigenvalue weighted by molar-refractivity contribution is -0.116. The number of halogens is 1. The molecule has 0 amide bonds. The van der Waals surface area contributed by atoms with Gasteiger partial charge in [0.15, 0.2) is 0 Å². The van der Waals surface area contributed by atoms with Crippen LogP contribution in [0.25, 0.3) is 10.9 Å². The van der Waals surface area contributed by atoms with E-state index in [9.17, 15) is 9.59 Å². The highest BCUT2D eigenvalue weighted by Gasteiger charge is 2.07. The standard InChI is InChI=1S/C14H14BrNO2/c1-9(17)3-4-10-7-11-8-12(15)5-6-13(11)16(2)14(10)18/h5-8H,3-4H2,1-2H3. The third-order valence-corrected chi connectivity index (χ3v) is 3.50. The monoisotopic (exact) mass is 307 g/mol. The first kappa shape index (κ1) is 13.0. The number of hydrogen-bond acceptors (Lipinski definition) is 2. The van der Waals surface area contributed by atoms with Crippen LogP contribution in [0.15, 0.2) is 33.5 Å². The molecule has 94 valence electrons. The summed E-state index contributed by atoms with van der Waals surface area (Å²) in [6, 6.07) is 7.68. The van der Waals surface area contributed by atoms with Gasteiger partial charge in [-0.15, -0.1) is 0 Å². The van der Waals surface area contributed by atoms with Crippen molar-refractivity contribution < 1.29 is 4.79 Å². The summed E-state index contributed by atoms with van der Waals surface area (Å²) in [5.41, 5.74) is 1.57. The maximum atomic E-state index is 12.1. The van der Waals surface area contributed by atoms with Crippen LogP contribution in [0.2, 0.25) is 0 Å². The molecule has 18 heavy (non-hydrogen) atoms. The Bertz CT molecular complexity index is 673. The lowest BCUT2D eigenvalue weighted by atomic mass is 10.1. The van der Waals surface area contributed by atoms with Crippen LogP contribution < -0.4 is 5.56 Å². The molecule has 0 radical (unpaired) electrons. The number of fused-ring (bicyclic) bond motifs is 1. The summed E-state index contributed by atoms with van der Waals surface area (Å²) in [6.07, 6.45) is 0.916. The van der Waals surface area contributed by atoms with Crippen LogP contribution in [0.3, 0.4) is 0 Å². The molecule has 0 atom stereocenters. The van der Waals surface area contributed by atoms with Crippen molar-refractivity contribution in [3.8, 4) is 0 Å². The second kappa shape index (κ2) is 5.06. The molecule has 0 aliphatic carbocycles. The molecular formula is C14H14BrNO2. The molecule has 3 nitrogen and oxygen atoms in total. The van der Waals surface area contributed by atoms with Crippen LogP contribution in [0.5, 0.6) is 0 Å². The average molecular weight is 308 g/mol. The first-order valence-electron chi connectivity index (χ1n) is 5.76.